The summed E-state index contributed by atoms with van der Waals surface area (Å²) in [4.78, 5) is 40.0. The fourth-order valence-corrected chi connectivity index (χ4v) is 6.25. The quantitative estimate of drug-likeness (QED) is 0.0929. The molecule has 0 atom stereocenters. The maximum absolute atomic E-state index is 13.2. The molecule has 0 spiro atoms. The van der Waals surface area contributed by atoms with Crippen LogP contribution in [0.3, 0.4) is 0 Å². The molecular weight excluding hydrogens is 678 g/mol. The Morgan fingerprint density at radius 2 is 1.38 bits per heavy atom. The normalized spacial score (nSPS) is 13.4. The van der Waals surface area contributed by atoms with Gasteiger partial charge in [0.2, 0.25) is 5.91 Å². The highest BCUT2D eigenvalue weighted by molar-refractivity contribution is 6.56. The van der Waals surface area contributed by atoms with Crippen molar-refractivity contribution >= 4 is 87.1 Å². The average molecular weight is 713 g/mol. The lowest BCUT2D eigenvalue weighted by molar-refractivity contribution is -0.116. The minimum absolute atomic E-state index is 0.0517. The maximum atomic E-state index is 13.2. The van der Waals surface area contributed by atoms with Crippen LogP contribution in [0.5, 0.6) is 5.75 Å². The minimum atomic E-state index is -0.742. The van der Waals surface area contributed by atoms with Gasteiger partial charge in [0.25, 0.3) is 11.8 Å². The molecule has 0 bridgehead atoms. The molecule has 45 heavy (non-hydrogen) atoms. The number of carbonyl (C=O) groups is 3. The average Bonchev–Trinajstić information content (AvgIpc) is 3.26. The summed E-state index contributed by atoms with van der Waals surface area (Å²) in [7, 11) is 0. The Labute approximate surface area is 289 Å². The zero-order chi connectivity index (χ0) is 33.4. The lowest BCUT2D eigenvalue weighted by Gasteiger charge is -2.30. The van der Waals surface area contributed by atoms with Crippen molar-refractivity contribution in [3.63, 3.8) is 0 Å². The second-order valence-electron chi connectivity index (χ2n) is 12.3. The zero-order valence-corrected chi connectivity index (χ0v) is 29.7. The summed E-state index contributed by atoms with van der Waals surface area (Å²) in [6.45, 7) is 13.6. The van der Waals surface area contributed by atoms with Crippen LogP contribution in [0.15, 0.2) is 36.4 Å². The molecule has 1 aliphatic rings. The predicted octanol–water partition coefficient (Wildman–Crippen LogP) is 10.9. The van der Waals surface area contributed by atoms with Gasteiger partial charge in [0.1, 0.15) is 5.75 Å². The molecule has 1 aliphatic heterocycles. The van der Waals surface area contributed by atoms with E-state index in [0.29, 0.717) is 18.7 Å². The molecule has 3 aromatic rings. The van der Waals surface area contributed by atoms with Crippen molar-refractivity contribution in [3.8, 4) is 5.75 Å². The van der Waals surface area contributed by atoms with E-state index in [2.05, 4.69) is 59.0 Å². The van der Waals surface area contributed by atoms with Gasteiger partial charge in [-0.3, -0.25) is 14.4 Å². The number of hydrogen-bond acceptors (Lipinski definition) is 4. The monoisotopic (exact) mass is 710 g/mol. The predicted molar refractivity (Wildman–Crippen MR) is 186 cm³/mol. The number of ether oxygens (including phenoxy) is 1. The smallest absolute Gasteiger partial charge is 0.267 e. The van der Waals surface area contributed by atoms with Gasteiger partial charge in [-0.25, -0.2) is 4.90 Å². The van der Waals surface area contributed by atoms with Crippen molar-refractivity contribution in [2.24, 2.45) is 0 Å². The summed E-state index contributed by atoms with van der Waals surface area (Å²) in [5.41, 5.74) is 2.63. The number of amides is 3. The van der Waals surface area contributed by atoms with E-state index in [1.807, 2.05) is 6.07 Å². The summed E-state index contributed by atoms with van der Waals surface area (Å²) in [6, 6.07) is 10.9. The summed E-state index contributed by atoms with van der Waals surface area (Å²) in [6.07, 6.45) is 2.69. The van der Waals surface area contributed by atoms with Crippen LogP contribution < -0.4 is 15.0 Å². The summed E-state index contributed by atoms with van der Waals surface area (Å²) in [5, 5.41) is 2.26. The number of rotatable bonds is 11. The number of fused-ring (bicyclic) bond motifs is 1. The number of anilines is 2. The number of nitrogens with zero attached hydrogens (tertiary/aromatic N) is 1. The van der Waals surface area contributed by atoms with Crippen LogP contribution in [0.4, 0.5) is 11.4 Å². The van der Waals surface area contributed by atoms with Crippen LogP contribution in [0.1, 0.15) is 99.1 Å². The van der Waals surface area contributed by atoms with Gasteiger partial charge in [-0.2, -0.15) is 0 Å². The lowest BCUT2D eigenvalue weighted by atomic mass is 9.76. The van der Waals surface area contributed by atoms with E-state index in [9.17, 15) is 14.4 Å². The molecule has 3 amide bonds. The molecule has 0 saturated carbocycles. The molecule has 6 nitrogen and oxygen atoms in total. The molecule has 0 saturated heterocycles. The number of hydrogen-bond donors (Lipinski definition) is 1. The Morgan fingerprint density at radius 3 is 1.91 bits per heavy atom. The molecule has 0 aliphatic carbocycles. The number of carbonyl (C=O) groups excluding carboxylic acids is 3. The maximum Gasteiger partial charge on any atom is 0.267 e. The first kappa shape index (κ1) is 35.4. The van der Waals surface area contributed by atoms with E-state index in [-0.39, 0.29) is 65.1 Å². The molecule has 11 heteroatoms. The topological polar surface area (TPSA) is 75.7 Å². The Morgan fingerprint density at radius 1 is 0.800 bits per heavy atom. The summed E-state index contributed by atoms with van der Waals surface area (Å²) >= 11 is 31.2. The van der Waals surface area contributed by atoms with Crippen LogP contribution in [0.2, 0.25) is 25.1 Å². The van der Waals surface area contributed by atoms with E-state index in [0.717, 1.165) is 29.1 Å². The molecule has 0 unspecified atom stereocenters. The first-order valence-electron chi connectivity index (χ1n) is 14.7. The van der Waals surface area contributed by atoms with Crippen LogP contribution in [-0.4, -0.2) is 24.3 Å². The molecule has 0 radical (unpaired) electrons. The van der Waals surface area contributed by atoms with Gasteiger partial charge < -0.3 is 10.1 Å². The molecule has 1 N–H and O–H groups in total. The van der Waals surface area contributed by atoms with Crippen molar-refractivity contribution in [2.75, 3.05) is 16.8 Å². The van der Waals surface area contributed by atoms with Crippen LogP contribution in [0, 0.1) is 0 Å². The molecule has 3 aromatic carbocycles. The highest BCUT2D eigenvalue weighted by atomic mass is 35.5. The van der Waals surface area contributed by atoms with E-state index in [1.54, 1.807) is 6.07 Å². The van der Waals surface area contributed by atoms with Crippen molar-refractivity contribution < 1.29 is 19.1 Å². The molecule has 4 rings (SSSR count). The van der Waals surface area contributed by atoms with Crippen molar-refractivity contribution in [1.29, 1.82) is 0 Å². The third kappa shape index (κ3) is 6.96. The van der Waals surface area contributed by atoms with Gasteiger partial charge in [0, 0.05) is 17.7 Å². The molecular formula is C34H35Cl5N2O4. The van der Waals surface area contributed by atoms with E-state index >= 15 is 0 Å². The highest BCUT2D eigenvalue weighted by Crippen LogP contribution is 2.46. The van der Waals surface area contributed by atoms with Crippen molar-refractivity contribution in [3.05, 3.63) is 83.8 Å². The van der Waals surface area contributed by atoms with Gasteiger partial charge in [-0.1, -0.05) is 112 Å². The van der Waals surface area contributed by atoms with Crippen molar-refractivity contribution in [2.45, 2.75) is 78.1 Å². The second-order valence-corrected chi connectivity index (χ2v) is 14.2. The van der Waals surface area contributed by atoms with Crippen LogP contribution in [0.25, 0.3) is 0 Å². The number of imide groups is 1. The Kier molecular flexibility index (Phi) is 10.8. The molecule has 240 valence electrons. The molecule has 0 fully saturated rings. The van der Waals surface area contributed by atoms with Gasteiger partial charge in [0.15, 0.2) is 0 Å². The lowest BCUT2D eigenvalue weighted by Crippen LogP contribution is -2.29. The Bertz CT molecular complexity index is 1640. The fraction of sp³-hybridized carbons (Fsp3) is 0.382. The van der Waals surface area contributed by atoms with E-state index in [4.69, 9.17) is 62.7 Å². The van der Waals surface area contributed by atoms with Gasteiger partial charge in [-0.15, -0.1) is 0 Å². The number of halogens is 5. The van der Waals surface area contributed by atoms with Gasteiger partial charge >= 0.3 is 0 Å². The highest BCUT2D eigenvalue weighted by Gasteiger charge is 2.43. The SMILES string of the molecule is CCC(C)(C)c1ccc(OCCCC(=O)Nc2ccc(N3C(=O)c4c(Cl)c(Cl)c(Cl)c(Cl)c4C3=O)c(Cl)c2)c(C(C)(C)CC)c1. The third-order valence-corrected chi connectivity index (χ3v) is 10.7. The molecule has 1 heterocycles. The standard InChI is InChI=1S/C34H35Cl5N2O4/c1-7-33(3,4)18-11-14-23(20(16-18)34(5,6)8-2)45-15-9-10-24(42)40-19-12-13-22(21(35)17-19)41-31(43)25-26(32(41)44)28(37)30(39)29(38)27(25)36/h11-14,16-17H,7-10,15H2,1-6H3,(H,40,42). The number of nitrogens with one attached hydrogen (secondary N) is 1. The summed E-state index contributed by atoms with van der Waals surface area (Å²) < 4.78 is 6.19. The third-order valence-electron chi connectivity index (χ3n) is 8.64. The minimum Gasteiger partial charge on any atom is -0.493 e. The first-order chi connectivity index (χ1) is 21.0. The second kappa shape index (κ2) is 13.7. The van der Waals surface area contributed by atoms with Crippen LogP contribution >= 0.6 is 58.0 Å². The number of benzene rings is 3. The largest absolute Gasteiger partial charge is 0.493 e. The van der Waals surface area contributed by atoms with Gasteiger partial charge in [0.05, 0.1) is 48.5 Å². The van der Waals surface area contributed by atoms with E-state index in [1.165, 1.54) is 17.7 Å². The fourth-order valence-electron chi connectivity index (χ4n) is 4.97. The van der Waals surface area contributed by atoms with Crippen molar-refractivity contribution in [1.82, 2.24) is 0 Å². The Hall–Kier alpha value is -2.48. The molecule has 0 aromatic heterocycles. The van der Waals surface area contributed by atoms with Crippen LogP contribution in [-0.2, 0) is 15.6 Å². The van der Waals surface area contributed by atoms with E-state index < -0.39 is 11.8 Å². The first-order valence-corrected chi connectivity index (χ1v) is 16.6. The Balaban J connectivity index is 1.40. The zero-order valence-electron chi connectivity index (χ0n) is 26.0. The van der Waals surface area contributed by atoms with Gasteiger partial charge in [-0.05, 0) is 59.9 Å². The summed E-state index contributed by atoms with van der Waals surface area (Å²) in [5.74, 6) is -0.887.